The summed E-state index contributed by atoms with van der Waals surface area (Å²) in [6.45, 7) is 2.40. The predicted octanol–water partition coefficient (Wildman–Crippen LogP) is 2.65. The number of rotatable bonds is 0. The first-order valence-electron chi connectivity index (χ1n) is 5.77. The van der Waals surface area contributed by atoms with Crippen LogP contribution in [-0.4, -0.2) is 5.78 Å². The van der Waals surface area contributed by atoms with Gasteiger partial charge in [0.25, 0.3) is 0 Å². The average Bonchev–Trinajstić information content (AvgIpc) is 2.63. The van der Waals surface area contributed by atoms with Crippen molar-refractivity contribution in [3.63, 3.8) is 0 Å². The fourth-order valence-corrected chi connectivity index (χ4v) is 4.43. The van der Waals surface area contributed by atoms with Crippen LogP contribution in [-0.2, 0) is 4.79 Å². The zero-order valence-corrected chi connectivity index (χ0v) is 8.33. The van der Waals surface area contributed by atoms with Crippen molar-refractivity contribution in [2.24, 2.45) is 29.6 Å². The van der Waals surface area contributed by atoms with Crippen molar-refractivity contribution in [3.05, 3.63) is 0 Å². The summed E-state index contributed by atoms with van der Waals surface area (Å²) in [5.41, 5.74) is 0. The SMILES string of the molecule is CC1CCC2CC3CC(=O)CC3C12. The summed E-state index contributed by atoms with van der Waals surface area (Å²) in [6, 6.07) is 0. The van der Waals surface area contributed by atoms with Crippen LogP contribution in [0.2, 0.25) is 0 Å². The molecule has 5 atom stereocenters. The molecular formula is C12H18O. The predicted molar refractivity (Wildman–Crippen MR) is 51.2 cm³/mol. The van der Waals surface area contributed by atoms with E-state index in [4.69, 9.17) is 0 Å². The number of hydrogen-bond donors (Lipinski definition) is 0. The quantitative estimate of drug-likeness (QED) is 0.557. The summed E-state index contributed by atoms with van der Waals surface area (Å²) in [5.74, 6) is 4.98. The molecule has 0 aromatic rings. The number of carbonyl (C=O) groups excluding carboxylic acids is 1. The van der Waals surface area contributed by atoms with E-state index in [1.165, 1.54) is 19.3 Å². The Morgan fingerprint density at radius 3 is 2.85 bits per heavy atom. The minimum absolute atomic E-state index is 0.549. The molecule has 0 spiro atoms. The van der Waals surface area contributed by atoms with Crippen LogP contribution in [0.4, 0.5) is 0 Å². The van der Waals surface area contributed by atoms with Crippen molar-refractivity contribution >= 4 is 5.78 Å². The Hall–Kier alpha value is -0.330. The topological polar surface area (TPSA) is 17.1 Å². The standard InChI is InChI=1S/C12H18O/c1-7-2-3-8-4-9-5-10(13)6-11(9)12(7)8/h7-9,11-12H,2-6H2,1H3. The first-order valence-corrected chi connectivity index (χ1v) is 5.77. The Labute approximate surface area is 79.9 Å². The Bertz CT molecular complexity index is 246. The second-order valence-electron chi connectivity index (χ2n) is 5.50. The van der Waals surface area contributed by atoms with E-state index in [2.05, 4.69) is 6.92 Å². The Kier molecular flexibility index (Phi) is 1.59. The fraction of sp³-hybridized carbons (Fsp3) is 0.917. The molecule has 0 saturated heterocycles. The molecule has 0 N–H and O–H groups in total. The van der Waals surface area contributed by atoms with E-state index in [9.17, 15) is 4.79 Å². The van der Waals surface area contributed by atoms with Crippen molar-refractivity contribution in [2.75, 3.05) is 0 Å². The van der Waals surface area contributed by atoms with Gasteiger partial charge in [-0.3, -0.25) is 4.79 Å². The van der Waals surface area contributed by atoms with E-state index < -0.39 is 0 Å². The molecule has 0 aromatic carbocycles. The van der Waals surface area contributed by atoms with E-state index >= 15 is 0 Å². The van der Waals surface area contributed by atoms with Gasteiger partial charge in [0, 0.05) is 12.8 Å². The monoisotopic (exact) mass is 178 g/mol. The van der Waals surface area contributed by atoms with Crippen molar-refractivity contribution in [3.8, 4) is 0 Å². The van der Waals surface area contributed by atoms with Crippen molar-refractivity contribution in [2.45, 2.75) is 39.0 Å². The van der Waals surface area contributed by atoms with Gasteiger partial charge in [0.2, 0.25) is 0 Å². The van der Waals surface area contributed by atoms with E-state index in [1.807, 2.05) is 0 Å². The van der Waals surface area contributed by atoms with Gasteiger partial charge in [-0.25, -0.2) is 0 Å². The van der Waals surface area contributed by atoms with Crippen molar-refractivity contribution < 1.29 is 4.79 Å². The molecule has 3 aliphatic carbocycles. The van der Waals surface area contributed by atoms with Gasteiger partial charge in [-0.1, -0.05) is 13.3 Å². The Morgan fingerprint density at radius 2 is 2.00 bits per heavy atom. The highest BCUT2D eigenvalue weighted by Gasteiger charge is 2.51. The molecule has 0 aromatic heterocycles. The van der Waals surface area contributed by atoms with Crippen molar-refractivity contribution in [1.29, 1.82) is 0 Å². The highest BCUT2D eigenvalue weighted by atomic mass is 16.1. The summed E-state index contributed by atoms with van der Waals surface area (Å²) in [6.07, 6.45) is 6.10. The highest BCUT2D eigenvalue weighted by Crippen LogP contribution is 2.57. The summed E-state index contributed by atoms with van der Waals surface area (Å²) in [4.78, 5) is 11.4. The lowest BCUT2D eigenvalue weighted by Gasteiger charge is -2.21. The third-order valence-corrected chi connectivity index (χ3v) is 4.85. The lowest BCUT2D eigenvalue weighted by molar-refractivity contribution is -0.118. The Morgan fingerprint density at radius 1 is 1.15 bits per heavy atom. The molecule has 3 fully saturated rings. The molecule has 0 heterocycles. The zero-order valence-electron chi connectivity index (χ0n) is 8.33. The average molecular weight is 178 g/mol. The van der Waals surface area contributed by atoms with Crippen LogP contribution >= 0.6 is 0 Å². The first-order chi connectivity index (χ1) is 6.25. The molecule has 0 bridgehead atoms. The molecule has 3 aliphatic rings. The number of hydrogen-bond acceptors (Lipinski definition) is 1. The molecule has 13 heavy (non-hydrogen) atoms. The summed E-state index contributed by atoms with van der Waals surface area (Å²) >= 11 is 0. The second-order valence-corrected chi connectivity index (χ2v) is 5.50. The van der Waals surface area contributed by atoms with Crippen LogP contribution in [0, 0.1) is 29.6 Å². The van der Waals surface area contributed by atoms with Gasteiger partial charge in [-0.15, -0.1) is 0 Å². The third kappa shape index (κ3) is 1.02. The van der Waals surface area contributed by atoms with Crippen LogP contribution in [0.5, 0.6) is 0 Å². The van der Waals surface area contributed by atoms with Gasteiger partial charge in [-0.05, 0) is 42.4 Å². The van der Waals surface area contributed by atoms with Crippen LogP contribution in [0.1, 0.15) is 39.0 Å². The van der Waals surface area contributed by atoms with Gasteiger partial charge in [0.15, 0.2) is 0 Å². The number of Topliss-reactive ketones (excluding diaryl/α,β-unsaturated/α-hetero) is 1. The van der Waals surface area contributed by atoms with Crippen LogP contribution in [0.25, 0.3) is 0 Å². The lowest BCUT2D eigenvalue weighted by Crippen LogP contribution is -2.16. The molecule has 3 rings (SSSR count). The summed E-state index contributed by atoms with van der Waals surface area (Å²) in [5, 5.41) is 0. The summed E-state index contributed by atoms with van der Waals surface area (Å²) in [7, 11) is 0. The molecule has 0 aliphatic heterocycles. The largest absolute Gasteiger partial charge is 0.300 e. The molecule has 1 nitrogen and oxygen atoms in total. The fourth-order valence-electron chi connectivity index (χ4n) is 4.43. The maximum atomic E-state index is 11.4. The maximum Gasteiger partial charge on any atom is 0.133 e. The second kappa shape index (κ2) is 2.59. The first kappa shape index (κ1) is 8.02. The molecule has 5 unspecified atom stereocenters. The molecule has 1 heteroatoms. The van der Waals surface area contributed by atoms with Gasteiger partial charge in [0.05, 0.1) is 0 Å². The van der Waals surface area contributed by atoms with Gasteiger partial charge in [-0.2, -0.15) is 0 Å². The number of carbonyl (C=O) groups is 1. The van der Waals surface area contributed by atoms with Crippen LogP contribution in [0.3, 0.4) is 0 Å². The Balaban J connectivity index is 1.86. The number of ketones is 1. The maximum absolute atomic E-state index is 11.4. The van der Waals surface area contributed by atoms with Crippen molar-refractivity contribution in [1.82, 2.24) is 0 Å². The van der Waals surface area contributed by atoms with Gasteiger partial charge >= 0.3 is 0 Å². The van der Waals surface area contributed by atoms with E-state index in [0.717, 1.165) is 42.4 Å². The number of fused-ring (bicyclic) bond motifs is 3. The smallest absolute Gasteiger partial charge is 0.133 e. The summed E-state index contributed by atoms with van der Waals surface area (Å²) < 4.78 is 0. The molecule has 0 radical (unpaired) electrons. The van der Waals surface area contributed by atoms with Crippen LogP contribution in [0.15, 0.2) is 0 Å². The highest BCUT2D eigenvalue weighted by molar-refractivity contribution is 5.81. The third-order valence-electron chi connectivity index (χ3n) is 4.85. The lowest BCUT2D eigenvalue weighted by atomic mass is 9.84. The van der Waals surface area contributed by atoms with E-state index in [0.29, 0.717) is 5.78 Å². The van der Waals surface area contributed by atoms with Crippen LogP contribution < -0.4 is 0 Å². The molecule has 0 amide bonds. The molecule has 72 valence electrons. The minimum Gasteiger partial charge on any atom is -0.300 e. The van der Waals surface area contributed by atoms with E-state index in [1.54, 1.807) is 0 Å². The van der Waals surface area contributed by atoms with E-state index in [-0.39, 0.29) is 0 Å². The van der Waals surface area contributed by atoms with Gasteiger partial charge in [0.1, 0.15) is 5.78 Å². The molecular weight excluding hydrogens is 160 g/mol. The zero-order chi connectivity index (χ0) is 9.00. The normalized spacial score (nSPS) is 53.9. The van der Waals surface area contributed by atoms with Gasteiger partial charge < -0.3 is 0 Å². The minimum atomic E-state index is 0.549. The molecule has 3 saturated carbocycles.